The van der Waals surface area contributed by atoms with Crippen molar-refractivity contribution in [3.8, 4) is 5.75 Å². The molecule has 3 aromatic rings. The first-order valence-electron chi connectivity index (χ1n) is 5.92. The van der Waals surface area contributed by atoms with Gasteiger partial charge in [-0.05, 0) is 23.8 Å². The molecule has 0 aliphatic rings. The summed E-state index contributed by atoms with van der Waals surface area (Å²) in [5.74, 6) is 0.870. The number of anilines is 1. The highest BCUT2D eigenvalue weighted by molar-refractivity contribution is 7.22. The average Bonchev–Trinajstić information content (AvgIpc) is 2.88. The van der Waals surface area contributed by atoms with Gasteiger partial charge >= 0.3 is 0 Å². The number of benzene rings is 1. The molecular weight excluding hydrogens is 258 g/mol. The van der Waals surface area contributed by atoms with Crippen molar-refractivity contribution in [2.75, 3.05) is 12.4 Å². The van der Waals surface area contributed by atoms with Crippen LogP contribution in [0.15, 0.2) is 42.7 Å². The summed E-state index contributed by atoms with van der Waals surface area (Å²) in [7, 11) is 1.67. The number of nitrogens with one attached hydrogen (secondary N) is 1. The predicted molar refractivity (Wildman–Crippen MR) is 77.7 cm³/mol. The maximum Gasteiger partial charge on any atom is 0.184 e. The number of pyridine rings is 1. The fourth-order valence-electron chi connectivity index (χ4n) is 1.78. The summed E-state index contributed by atoms with van der Waals surface area (Å²) in [6.07, 6.45) is 3.57. The molecule has 0 spiro atoms. The van der Waals surface area contributed by atoms with Crippen LogP contribution in [0.25, 0.3) is 10.2 Å². The molecule has 96 valence electrons. The van der Waals surface area contributed by atoms with Crippen LogP contribution in [0.1, 0.15) is 5.56 Å². The molecule has 0 aliphatic heterocycles. The number of aromatic nitrogens is 2. The van der Waals surface area contributed by atoms with E-state index in [4.69, 9.17) is 4.74 Å². The minimum absolute atomic E-state index is 0.747. The van der Waals surface area contributed by atoms with Gasteiger partial charge in [0.2, 0.25) is 0 Å². The lowest BCUT2D eigenvalue weighted by molar-refractivity contribution is 0.414. The molecule has 5 heteroatoms. The van der Waals surface area contributed by atoms with Gasteiger partial charge in [0.25, 0.3) is 0 Å². The summed E-state index contributed by atoms with van der Waals surface area (Å²) in [6, 6.07) is 9.98. The van der Waals surface area contributed by atoms with E-state index in [9.17, 15) is 0 Å². The molecular formula is C14H13N3OS. The van der Waals surface area contributed by atoms with Gasteiger partial charge in [-0.15, -0.1) is 0 Å². The van der Waals surface area contributed by atoms with Crippen LogP contribution in [-0.2, 0) is 6.54 Å². The molecule has 0 fully saturated rings. The molecule has 0 aliphatic carbocycles. The van der Waals surface area contributed by atoms with E-state index in [-0.39, 0.29) is 0 Å². The van der Waals surface area contributed by atoms with Gasteiger partial charge in [-0.1, -0.05) is 23.5 Å². The normalized spacial score (nSPS) is 10.6. The summed E-state index contributed by atoms with van der Waals surface area (Å²) in [4.78, 5) is 8.55. The minimum Gasteiger partial charge on any atom is -0.497 e. The van der Waals surface area contributed by atoms with Crippen molar-refractivity contribution in [3.63, 3.8) is 0 Å². The Balaban J connectivity index is 1.70. The first-order valence-corrected chi connectivity index (χ1v) is 6.74. The Bertz CT molecular complexity index is 645. The molecule has 4 nitrogen and oxygen atoms in total. The SMILES string of the molecule is COc1ccc(CNc2nc3cnccc3s2)cc1. The van der Waals surface area contributed by atoms with Crippen LogP contribution in [-0.4, -0.2) is 17.1 Å². The topological polar surface area (TPSA) is 47.0 Å². The quantitative estimate of drug-likeness (QED) is 0.790. The van der Waals surface area contributed by atoms with Crippen LogP contribution in [0.4, 0.5) is 5.13 Å². The molecule has 0 saturated carbocycles. The summed E-state index contributed by atoms with van der Waals surface area (Å²) in [5.41, 5.74) is 2.13. The molecule has 1 N–H and O–H groups in total. The zero-order valence-electron chi connectivity index (χ0n) is 10.5. The number of hydrogen-bond donors (Lipinski definition) is 1. The van der Waals surface area contributed by atoms with Gasteiger partial charge in [0.1, 0.15) is 11.3 Å². The molecule has 0 unspecified atom stereocenters. The van der Waals surface area contributed by atoms with Crippen molar-refractivity contribution < 1.29 is 4.74 Å². The lowest BCUT2D eigenvalue weighted by Gasteiger charge is -2.04. The van der Waals surface area contributed by atoms with Crippen molar-refractivity contribution in [1.29, 1.82) is 0 Å². The summed E-state index contributed by atoms with van der Waals surface area (Å²) in [5, 5.41) is 4.24. The lowest BCUT2D eigenvalue weighted by Crippen LogP contribution is -1.98. The molecule has 3 rings (SSSR count). The van der Waals surface area contributed by atoms with Gasteiger partial charge in [0.05, 0.1) is 18.0 Å². The van der Waals surface area contributed by atoms with Crippen LogP contribution in [0, 0.1) is 0 Å². The molecule has 0 atom stereocenters. The third-order valence-corrected chi connectivity index (χ3v) is 3.79. The van der Waals surface area contributed by atoms with Gasteiger partial charge < -0.3 is 10.1 Å². The van der Waals surface area contributed by atoms with Crippen molar-refractivity contribution in [2.24, 2.45) is 0 Å². The fraction of sp³-hybridized carbons (Fsp3) is 0.143. The number of rotatable bonds is 4. The van der Waals surface area contributed by atoms with Crippen LogP contribution in [0.3, 0.4) is 0 Å². The number of nitrogens with zero attached hydrogens (tertiary/aromatic N) is 2. The molecule has 1 aromatic carbocycles. The highest BCUT2D eigenvalue weighted by Crippen LogP contribution is 2.25. The van der Waals surface area contributed by atoms with E-state index in [0.29, 0.717) is 0 Å². The van der Waals surface area contributed by atoms with Crippen molar-refractivity contribution in [3.05, 3.63) is 48.3 Å². The van der Waals surface area contributed by atoms with Crippen LogP contribution >= 0.6 is 11.3 Å². The monoisotopic (exact) mass is 271 g/mol. The van der Waals surface area contributed by atoms with Crippen molar-refractivity contribution in [2.45, 2.75) is 6.54 Å². The Hall–Kier alpha value is -2.14. The van der Waals surface area contributed by atoms with Gasteiger partial charge in [-0.25, -0.2) is 4.98 Å². The summed E-state index contributed by atoms with van der Waals surface area (Å²) >= 11 is 1.64. The van der Waals surface area contributed by atoms with E-state index >= 15 is 0 Å². The van der Waals surface area contributed by atoms with Gasteiger partial charge in [0, 0.05) is 12.7 Å². The van der Waals surface area contributed by atoms with Crippen molar-refractivity contribution >= 4 is 26.7 Å². The zero-order chi connectivity index (χ0) is 13.1. The van der Waals surface area contributed by atoms with Gasteiger partial charge in [-0.3, -0.25) is 4.98 Å². The Morgan fingerprint density at radius 1 is 1.21 bits per heavy atom. The molecule has 0 bridgehead atoms. The number of ether oxygens (including phenoxy) is 1. The Kier molecular flexibility index (Phi) is 3.29. The van der Waals surface area contributed by atoms with E-state index < -0.39 is 0 Å². The highest BCUT2D eigenvalue weighted by Gasteiger charge is 2.03. The second-order valence-electron chi connectivity index (χ2n) is 4.06. The average molecular weight is 271 g/mol. The van der Waals surface area contributed by atoms with E-state index in [2.05, 4.69) is 15.3 Å². The van der Waals surface area contributed by atoms with Crippen LogP contribution < -0.4 is 10.1 Å². The molecule has 0 amide bonds. The van der Waals surface area contributed by atoms with E-state index in [1.165, 1.54) is 5.56 Å². The maximum atomic E-state index is 5.13. The number of fused-ring (bicyclic) bond motifs is 1. The molecule has 2 heterocycles. The van der Waals surface area contributed by atoms with E-state index in [1.54, 1.807) is 30.8 Å². The smallest absolute Gasteiger partial charge is 0.184 e. The number of methoxy groups -OCH3 is 1. The first-order chi connectivity index (χ1) is 9.35. The fourth-order valence-corrected chi connectivity index (χ4v) is 2.61. The summed E-state index contributed by atoms with van der Waals surface area (Å²) < 4.78 is 6.28. The Labute approximate surface area is 115 Å². The third-order valence-electron chi connectivity index (χ3n) is 2.79. The molecule has 2 aromatic heterocycles. The highest BCUT2D eigenvalue weighted by atomic mass is 32.1. The van der Waals surface area contributed by atoms with E-state index in [0.717, 1.165) is 27.6 Å². The van der Waals surface area contributed by atoms with Gasteiger partial charge in [0.15, 0.2) is 5.13 Å². The Morgan fingerprint density at radius 3 is 2.79 bits per heavy atom. The van der Waals surface area contributed by atoms with E-state index in [1.807, 2.05) is 30.3 Å². The molecule has 0 radical (unpaired) electrons. The maximum absolute atomic E-state index is 5.13. The first kappa shape index (κ1) is 11.9. The third kappa shape index (κ3) is 2.66. The standard InChI is InChI=1S/C14H13N3OS/c1-18-11-4-2-10(3-5-11)8-16-14-17-12-9-15-7-6-13(12)19-14/h2-7,9H,8H2,1H3,(H,16,17). The predicted octanol–water partition coefficient (Wildman–Crippen LogP) is 3.31. The number of thiazole rings is 1. The second kappa shape index (κ2) is 5.24. The Morgan fingerprint density at radius 2 is 2.05 bits per heavy atom. The zero-order valence-corrected chi connectivity index (χ0v) is 11.3. The summed E-state index contributed by atoms with van der Waals surface area (Å²) in [6.45, 7) is 0.747. The molecule has 19 heavy (non-hydrogen) atoms. The number of hydrogen-bond acceptors (Lipinski definition) is 5. The molecule has 0 saturated heterocycles. The second-order valence-corrected chi connectivity index (χ2v) is 5.09. The minimum atomic E-state index is 0.747. The largest absolute Gasteiger partial charge is 0.497 e. The van der Waals surface area contributed by atoms with Gasteiger partial charge in [-0.2, -0.15) is 0 Å². The van der Waals surface area contributed by atoms with Crippen LogP contribution in [0.5, 0.6) is 5.75 Å². The van der Waals surface area contributed by atoms with Crippen molar-refractivity contribution in [1.82, 2.24) is 9.97 Å². The van der Waals surface area contributed by atoms with Crippen LogP contribution in [0.2, 0.25) is 0 Å². The lowest BCUT2D eigenvalue weighted by atomic mass is 10.2.